The summed E-state index contributed by atoms with van der Waals surface area (Å²) in [7, 11) is 0. The first-order valence-corrected chi connectivity index (χ1v) is 5.89. The Morgan fingerprint density at radius 2 is 1.72 bits per heavy atom. The number of nitrogens with zero attached hydrogens (tertiary/aromatic N) is 2. The number of aromatic nitrogens is 2. The fourth-order valence-electron chi connectivity index (χ4n) is 1.40. The maximum atomic E-state index is 12.9. The summed E-state index contributed by atoms with van der Waals surface area (Å²) >= 11 is 8.71. The van der Waals surface area contributed by atoms with Crippen LogP contribution in [0.1, 0.15) is 5.56 Å². The van der Waals surface area contributed by atoms with E-state index >= 15 is 0 Å². The van der Waals surface area contributed by atoms with Crippen molar-refractivity contribution in [3.63, 3.8) is 0 Å². The lowest BCUT2D eigenvalue weighted by Gasteiger charge is -2.12. The van der Waals surface area contributed by atoms with Crippen molar-refractivity contribution >= 4 is 27.5 Å². The number of benzene rings is 1. The van der Waals surface area contributed by atoms with Gasteiger partial charge in [0.2, 0.25) is 0 Å². The Bertz CT molecular complexity index is 569. The van der Waals surface area contributed by atoms with E-state index in [1.54, 1.807) is 0 Å². The third kappa shape index (κ3) is 2.81. The maximum absolute atomic E-state index is 12.9. The summed E-state index contributed by atoms with van der Waals surface area (Å²) in [6.07, 6.45) is -1.73. The molecule has 0 unspecified atom stereocenters. The summed E-state index contributed by atoms with van der Waals surface area (Å²) in [5.74, 6) is 0.00203. The molecule has 0 saturated carbocycles. The average molecular weight is 338 g/mol. The van der Waals surface area contributed by atoms with Gasteiger partial charge in [-0.3, -0.25) is 0 Å². The smallest absolute Gasteiger partial charge is 0.235 e. The second-order valence-electron chi connectivity index (χ2n) is 3.41. The van der Waals surface area contributed by atoms with Crippen molar-refractivity contribution in [1.29, 1.82) is 0 Å². The van der Waals surface area contributed by atoms with E-state index < -0.39 is 11.7 Å². The minimum absolute atomic E-state index is 0.00203. The molecule has 0 atom stereocenters. The largest absolute Gasteiger partial charge is 0.417 e. The zero-order chi connectivity index (χ0) is 13.3. The van der Waals surface area contributed by atoms with Crippen molar-refractivity contribution < 1.29 is 13.2 Å². The molecular weight excluding hydrogens is 332 g/mol. The topological polar surface area (TPSA) is 25.8 Å². The van der Waals surface area contributed by atoms with Gasteiger partial charge in [0.15, 0.2) is 5.82 Å². The number of alkyl halides is 3. The summed E-state index contributed by atoms with van der Waals surface area (Å²) in [6, 6.07) is 3.49. The molecule has 2 nitrogen and oxygen atoms in total. The highest BCUT2D eigenvalue weighted by Gasteiger charge is 2.34. The molecule has 0 amide bonds. The Morgan fingerprint density at radius 3 is 2.28 bits per heavy atom. The van der Waals surface area contributed by atoms with Crippen molar-refractivity contribution in [1.82, 2.24) is 9.97 Å². The molecule has 0 bridgehead atoms. The Labute approximate surface area is 114 Å². The zero-order valence-corrected chi connectivity index (χ0v) is 11.0. The van der Waals surface area contributed by atoms with Crippen LogP contribution in [0.5, 0.6) is 0 Å². The highest BCUT2D eigenvalue weighted by molar-refractivity contribution is 9.10. The molecule has 0 fully saturated rings. The van der Waals surface area contributed by atoms with Gasteiger partial charge < -0.3 is 0 Å². The molecule has 0 N–H and O–H groups in total. The predicted molar refractivity (Wildman–Crippen MR) is 65.2 cm³/mol. The van der Waals surface area contributed by atoms with Gasteiger partial charge in [-0.2, -0.15) is 13.2 Å². The van der Waals surface area contributed by atoms with Gasteiger partial charge in [-0.25, -0.2) is 9.97 Å². The van der Waals surface area contributed by atoms with Gasteiger partial charge in [-0.15, -0.1) is 0 Å². The summed E-state index contributed by atoms with van der Waals surface area (Å²) < 4.78 is 39.2. The van der Waals surface area contributed by atoms with Crippen LogP contribution in [0.4, 0.5) is 13.2 Å². The minimum atomic E-state index is -4.50. The van der Waals surface area contributed by atoms with Gasteiger partial charge in [-0.05, 0) is 34.1 Å². The van der Waals surface area contributed by atoms with Gasteiger partial charge in [0, 0.05) is 23.0 Å². The maximum Gasteiger partial charge on any atom is 0.417 e. The molecule has 0 aliphatic heterocycles. The van der Waals surface area contributed by atoms with Crippen LogP contribution in [-0.2, 0) is 6.18 Å². The number of halogens is 5. The van der Waals surface area contributed by atoms with E-state index in [4.69, 9.17) is 11.6 Å². The van der Waals surface area contributed by atoms with E-state index in [2.05, 4.69) is 25.9 Å². The third-order valence-electron chi connectivity index (χ3n) is 2.15. The van der Waals surface area contributed by atoms with Gasteiger partial charge in [0.1, 0.15) is 0 Å². The first kappa shape index (κ1) is 13.3. The molecule has 94 valence electrons. The van der Waals surface area contributed by atoms with Crippen LogP contribution >= 0.6 is 27.5 Å². The monoisotopic (exact) mass is 336 g/mol. The standard InChI is InChI=1S/C11H5BrClF3N2/c12-6-4-17-10(18-5-6)8-2-1-7(13)3-9(8)11(14,15)16/h1-5H. The SMILES string of the molecule is FC(F)(F)c1cc(Cl)ccc1-c1ncc(Br)cn1. The first-order chi connectivity index (χ1) is 8.38. The predicted octanol–water partition coefficient (Wildman–Crippen LogP) is 4.58. The molecular formula is C11H5BrClF3N2. The molecule has 0 saturated heterocycles. The van der Waals surface area contributed by atoms with Crippen molar-refractivity contribution in [3.05, 3.63) is 45.7 Å². The van der Waals surface area contributed by atoms with Crippen LogP contribution in [0.2, 0.25) is 5.02 Å². The zero-order valence-electron chi connectivity index (χ0n) is 8.67. The van der Waals surface area contributed by atoms with E-state index in [1.807, 2.05) is 0 Å². The number of hydrogen-bond acceptors (Lipinski definition) is 2. The molecule has 0 aliphatic rings. The summed E-state index contributed by atoms with van der Waals surface area (Å²) in [6.45, 7) is 0. The quantitative estimate of drug-likeness (QED) is 0.761. The van der Waals surface area contributed by atoms with Crippen molar-refractivity contribution in [3.8, 4) is 11.4 Å². The van der Waals surface area contributed by atoms with E-state index in [9.17, 15) is 13.2 Å². The molecule has 1 aromatic carbocycles. The highest BCUT2D eigenvalue weighted by Crippen LogP contribution is 2.37. The van der Waals surface area contributed by atoms with Gasteiger partial charge >= 0.3 is 6.18 Å². The van der Waals surface area contributed by atoms with Crippen molar-refractivity contribution in [2.75, 3.05) is 0 Å². The van der Waals surface area contributed by atoms with Crippen LogP contribution in [0, 0.1) is 0 Å². The Hall–Kier alpha value is -1.14. The van der Waals surface area contributed by atoms with Crippen LogP contribution < -0.4 is 0 Å². The fourth-order valence-corrected chi connectivity index (χ4v) is 1.77. The lowest BCUT2D eigenvalue weighted by molar-refractivity contribution is -0.137. The number of hydrogen-bond donors (Lipinski definition) is 0. The van der Waals surface area contributed by atoms with Crippen LogP contribution in [0.3, 0.4) is 0 Å². The van der Waals surface area contributed by atoms with E-state index in [1.165, 1.54) is 24.5 Å². The van der Waals surface area contributed by atoms with Gasteiger partial charge in [0.25, 0.3) is 0 Å². The summed E-state index contributed by atoms with van der Waals surface area (Å²) in [5, 5.41) is 0.0168. The lowest BCUT2D eigenvalue weighted by atomic mass is 10.1. The van der Waals surface area contributed by atoms with Crippen LogP contribution in [-0.4, -0.2) is 9.97 Å². The molecule has 0 spiro atoms. The molecule has 2 aromatic rings. The molecule has 1 heterocycles. The van der Waals surface area contributed by atoms with Crippen LogP contribution in [0.15, 0.2) is 35.1 Å². The number of rotatable bonds is 1. The van der Waals surface area contributed by atoms with Crippen molar-refractivity contribution in [2.45, 2.75) is 6.18 Å². The van der Waals surface area contributed by atoms with Crippen LogP contribution in [0.25, 0.3) is 11.4 Å². The second-order valence-corrected chi connectivity index (χ2v) is 4.76. The Kier molecular flexibility index (Phi) is 3.59. The second kappa shape index (κ2) is 4.85. The molecule has 18 heavy (non-hydrogen) atoms. The van der Waals surface area contributed by atoms with Gasteiger partial charge in [-0.1, -0.05) is 11.6 Å². The minimum Gasteiger partial charge on any atom is -0.235 e. The molecule has 7 heteroatoms. The van der Waals surface area contributed by atoms with E-state index in [-0.39, 0.29) is 16.4 Å². The molecule has 0 aliphatic carbocycles. The Balaban J connectivity index is 2.60. The third-order valence-corrected chi connectivity index (χ3v) is 2.79. The first-order valence-electron chi connectivity index (χ1n) is 4.72. The fraction of sp³-hybridized carbons (Fsp3) is 0.0909. The molecule has 1 aromatic heterocycles. The summed E-state index contributed by atoms with van der Waals surface area (Å²) in [5.41, 5.74) is -0.947. The lowest BCUT2D eigenvalue weighted by Crippen LogP contribution is -2.08. The van der Waals surface area contributed by atoms with E-state index in [0.717, 1.165) is 6.07 Å². The van der Waals surface area contributed by atoms with Gasteiger partial charge in [0.05, 0.1) is 10.0 Å². The average Bonchev–Trinajstić information content (AvgIpc) is 2.29. The molecule has 0 radical (unpaired) electrons. The summed E-state index contributed by atoms with van der Waals surface area (Å²) in [4.78, 5) is 7.70. The Morgan fingerprint density at radius 1 is 1.11 bits per heavy atom. The van der Waals surface area contributed by atoms with E-state index in [0.29, 0.717) is 4.47 Å². The highest BCUT2D eigenvalue weighted by atomic mass is 79.9. The molecule has 2 rings (SSSR count). The normalized spacial score (nSPS) is 11.6. The van der Waals surface area contributed by atoms with Crippen molar-refractivity contribution in [2.24, 2.45) is 0 Å².